The topological polar surface area (TPSA) is 46.6 Å². The van der Waals surface area contributed by atoms with Crippen molar-refractivity contribution in [2.75, 3.05) is 11.5 Å². The first kappa shape index (κ1) is 15.5. The van der Waals surface area contributed by atoms with Crippen molar-refractivity contribution in [1.29, 1.82) is 0 Å². The molecule has 2 heterocycles. The Bertz CT molecular complexity index is 905. The van der Waals surface area contributed by atoms with Gasteiger partial charge in [-0.25, -0.2) is 13.6 Å². The summed E-state index contributed by atoms with van der Waals surface area (Å²) in [6.45, 7) is -0.0672. The molecule has 0 spiro atoms. The van der Waals surface area contributed by atoms with Crippen LogP contribution in [0.25, 0.3) is 0 Å². The van der Waals surface area contributed by atoms with Crippen LogP contribution in [0.2, 0.25) is 0 Å². The van der Waals surface area contributed by atoms with Crippen molar-refractivity contribution < 1.29 is 23.1 Å². The Morgan fingerprint density at radius 2 is 1.72 bits per heavy atom. The fourth-order valence-electron chi connectivity index (χ4n) is 3.37. The summed E-state index contributed by atoms with van der Waals surface area (Å²) in [5, 5.41) is 0. The number of esters is 1. The minimum absolute atomic E-state index is 0.0633. The fraction of sp³-hybridized carbons (Fsp3) is 0.158. The van der Waals surface area contributed by atoms with Gasteiger partial charge in [0.15, 0.2) is 0 Å². The molecule has 0 bridgehead atoms. The van der Waals surface area contributed by atoms with Gasteiger partial charge >= 0.3 is 5.97 Å². The fourth-order valence-corrected chi connectivity index (χ4v) is 3.37. The Balaban J connectivity index is 1.85. The third kappa shape index (κ3) is 2.50. The second-order valence-electron chi connectivity index (χ2n) is 5.92. The Morgan fingerprint density at radius 3 is 2.44 bits per heavy atom. The summed E-state index contributed by atoms with van der Waals surface area (Å²) in [6, 6.07) is 11.5. The van der Waals surface area contributed by atoms with Crippen molar-refractivity contribution in [2.24, 2.45) is 0 Å². The zero-order valence-electron chi connectivity index (χ0n) is 13.0. The van der Waals surface area contributed by atoms with Crippen LogP contribution in [0.15, 0.2) is 59.8 Å². The van der Waals surface area contributed by atoms with Gasteiger partial charge in [-0.2, -0.15) is 0 Å². The summed E-state index contributed by atoms with van der Waals surface area (Å²) in [5.41, 5.74) is 1.42. The predicted molar refractivity (Wildman–Crippen MR) is 85.6 cm³/mol. The molecule has 25 heavy (non-hydrogen) atoms. The number of halogens is 2. The lowest BCUT2D eigenvalue weighted by atomic mass is 9.84. The van der Waals surface area contributed by atoms with Crippen LogP contribution < -0.4 is 4.90 Å². The van der Waals surface area contributed by atoms with Gasteiger partial charge in [0.25, 0.3) is 0 Å². The average molecular weight is 341 g/mol. The normalized spacial score (nSPS) is 19.9. The number of hydrogen-bond donors (Lipinski definition) is 0. The van der Waals surface area contributed by atoms with Gasteiger partial charge in [-0.05, 0) is 35.9 Å². The van der Waals surface area contributed by atoms with Crippen LogP contribution in [-0.4, -0.2) is 18.5 Å². The molecule has 2 aromatic rings. The van der Waals surface area contributed by atoms with Crippen LogP contribution in [0.5, 0.6) is 0 Å². The minimum Gasteiger partial charge on any atom is -0.456 e. The molecule has 4 rings (SSSR count). The van der Waals surface area contributed by atoms with E-state index in [0.717, 1.165) is 0 Å². The summed E-state index contributed by atoms with van der Waals surface area (Å²) in [4.78, 5) is 26.3. The summed E-state index contributed by atoms with van der Waals surface area (Å²) in [7, 11) is 0. The molecule has 126 valence electrons. The summed E-state index contributed by atoms with van der Waals surface area (Å²) >= 11 is 0. The highest BCUT2D eigenvalue weighted by Crippen LogP contribution is 2.42. The number of carbonyl (C=O) groups excluding carboxylic acids is 2. The Hall–Kier alpha value is -3.02. The van der Waals surface area contributed by atoms with Crippen LogP contribution in [-0.2, 0) is 14.3 Å². The van der Waals surface area contributed by atoms with Gasteiger partial charge in [-0.3, -0.25) is 9.69 Å². The van der Waals surface area contributed by atoms with Crippen molar-refractivity contribution >= 4 is 17.6 Å². The van der Waals surface area contributed by atoms with E-state index in [1.54, 1.807) is 18.2 Å². The highest BCUT2D eigenvalue weighted by molar-refractivity contribution is 6.06. The lowest BCUT2D eigenvalue weighted by molar-refractivity contribution is -0.136. The smallest absolute Gasteiger partial charge is 0.336 e. The number of cyclic esters (lactones) is 1. The maximum Gasteiger partial charge on any atom is 0.336 e. The third-order valence-electron chi connectivity index (χ3n) is 4.48. The monoisotopic (exact) mass is 341 g/mol. The second kappa shape index (κ2) is 5.81. The van der Waals surface area contributed by atoms with Crippen LogP contribution >= 0.6 is 0 Å². The van der Waals surface area contributed by atoms with E-state index < -0.39 is 23.5 Å². The van der Waals surface area contributed by atoms with Gasteiger partial charge in [0.2, 0.25) is 5.91 Å². The number of hydrogen-bond acceptors (Lipinski definition) is 3. The Kier molecular flexibility index (Phi) is 3.60. The third-order valence-corrected chi connectivity index (χ3v) is 4.48. The molecular formula is C19H13F2NO3. The van der Waals surface area contributed by atoms with E-state index in [4.69, 9.17) is 4.74 Å². The highest BCUT2D eigenvalue weighted by Gasteiger charge is 2.43. The molecule has 0 aliphatic carbocycles. The predicted octanol–water partition coefficient (Wildman–Crippen LogP) is 3.30. The molecule has 0 N–H and O–H groups in total. The molecule has 0 aromatic heterocycles. The van der Waals surface area contributed by atoms with E-state index in [1.165, 1.54) is 35.2 Å². The van der Waals surface area contributed by atoms with Crippen LogP contribution in [0.3, 0.4) is 0 Å². The van der Waals surface area contributed by atoms with Crippen molar-refractivity contribution in [3.63, 3.8) is 0 Å². The van der Waals surface area contributed by atoms with Crippen LogP contribution in [0, 0.1) is 11.6 Å². The number of nitrogens with zero attached hydrogens (tertiary/aromatic N) is 1. The quantitative estimate of drug-likeness (QED) is 0.788. The van der Waals surface area contributed by atoms with E-state index >= 15 is 0 Å². The lowest BCUT2D eigenvalue weighted by Crippen LogP contribution is -2.37. The van der Waals surface area contributed by atoms with E-state index in [9.17, 15) is 18.4 Å². The maximum absolute atomic E-state index is 14.2. The van der Waals surface area contributed by atoms with E-state index in [1.807, 2.05) is 0 Å². The molecule has 6 heteroatoms. The van der Waals surface area contributed by atoms with Crippen molar-refractivity contribution in [2.45, 2.75) is 12.3 Å². The zero-order chi connectivity index (χ0) is 17.6. The molecule has 0 fully saturated rings. The van der Waals surface area contributed by atoms with Crippen LogP contribution in [0.4, 0.5) is 14.5 Å². The number of amides is 1. The number of rotatable bonds is 2. The molecular weight excluding hydrogens is 328 g/mol. The molecule has 1 atom stereocenters. The van der Waals surface area contributed by atoms with Crippen molar-refractivity contribution in [1.82, 2.24) is 0 Å². The van der Waals surface area contributed by atoms with Gasteiger partial charge in [0.1, 0.15) is 18.2 Å². The Labute approximate surface area is 142 Å². The lowest BCUT2D eigenvalue weighted by Gasteiger charge is -2.31. The van der Waals surface area contributed by atoms with Crippen LogP contribution in [0.1, 0.15) is 17.9 Å². The molecule has 2 aliphatic heterocycles. The molecule has 4 nitrogen and oxygen atoms in total. The zero-order valence-corrected chi connectivity index (χ0v) is 13.0. The molecule has 1 amide bonds. The minimum atomic E-state index is -0.685. The van der Waals surface area contributed by atoms with Gasteiger partial charge in [-0.1, -0.05) is 18.2 Å². The molecule has 0 saturated heterocycles. The van der Waals surface area contributed by atoms with E-state index in [0.29, 0.717) is 16.9 Å². The maximum atomic E-state index is 14.2. The summed E-state index contributed by atoms with van der Waals surface area (Å²) in [5.74, 6) is -2.43. The molecule has 0 saturated carbocycles. The van der Waals surface area contributed by atoms with Crippen molar-refractivity contribution in [3.8, 4) is 0 Å². The molecule has 2 aromatic carbocycles. The molecule has 0 radical (unpaired) electrons. The average Bonchev–Trinajstić information content (AvgIpc) is 2.98. The van der Waals surface area contributed by atoms with Gasteiger partial charge in [-0.15, -0.1) is 0 Å². The van der Waals surface area contributed by atoms with Crippen molar-refractivity contribution in [3.05, 3.63) is 77.0 Å². The summed E-state index contributed by atoms with van der Waals surface area (Å²) in [6.07, 6.45) is -0.0633. The van der Waals surface area contributed by atoms with Gasteiger partial charge in [0.05, 0.1) is 11.3 Å². The van der Waals surface area contributed by atoms with Gasteiger partial charge < -0.3 is 4.74 Å². The standard InChI is InChI=1S/C19H13F2NO3/c20-11-5-7-12(8-6-11)22-16-10-25-19(24)18(16)14(9-17(22)23)13-3-1-2-4-15(13)21/h1-8,14H,9-10H2. The SMILES string of the molecule is O=C1OCC2=C1C(c1ccccc1F)CC(=O)N2c1ccc(F)cc1. The number of anilines is 1. The number of benzene rings is 2. The molecule has 2 aliphatic rings. The van der Waals surface area contributed by atoms with E-state index in [-0.39, 0.29) is 24.5 Å². The summed E-state index contributed by atoms with van der Waals surface area (Å²) < 4.78 is 32.5. The molecule has 1 unspecified atom stereocenters. The number of carbonyl (C=O) groups is 2. The Morgan fingerprint density at radius 1 is 1.00 bits per heavy atom. The first-order valence-electron chi connectivity index (χ1n) is 7.79. The highest BCUT2D eigenvalue weighted by atomic mass is 19.1. The second-order valence-corrected chi connectivity index (χ2v) is 5.92. The first-order valence-corrected chi connectivity index (χ1v) is 7.79. The largest absolute Gasteiger partial charge is 0.456 e. The number of ether oxygens (including phenoxy) is 1. The van der Waals surface area contributed by atoms with Gasteiger partial charge in [0, 0.05) is 18.0 Å². The van der Waals surface area contributed by atoms with E-state index in [2.05, 4.69) is 0 Å². The first-order chi connectivity index (χ1) is 12.1.